The van der Waals surface area contributed by atoms with Gasteiger partial charge in [0.15, 0.2) is 27.4 Å². The van der Waals surface area contributed by atoms with E-state index in [0.29, 0.717) is 18.8 Å². The van der Waals surface area contributed by atoms with Crippen molar-refractivity contribution in [2.24, 2.45) is 0 Å². The second-order valence-electron chi connectivity index (χ2n) is 6.08. The summed E-state index contributed by atoms with van der Waals surface area (Å²) >= 11 is 6.13. The lowest BCUT2D eigenvalue weighted by atomic mass is 10.2. The van der Waals surface area contributed by atoms with Gasteiger partial charge < -0.3 is 19.5 Å². The summed E-state index contributed by atoms with van der Waals surface area (Å²) in [5, 5.41) is 2.76. The number of methoxy groups -OCH3 is 1. The monoisotopic (exact) mass is 419 g/mol. The number of ether oxygens (including phenoxy) is 3. The van der Waals surface area contributed by atoms with Crippen LogP contribution >= 0.6 is 11.6 Å². The van der Waals surface area contributed by atoms with Crippen molar-refractivity contribution in [1.82, 2.24) is 5.32 Å². The molecule has 1 amide bonds. The number of carbonyl (C=O) groups is 2. The van der Waals surface area contributed by atoms with E-state index in [-0.39, 0.29) is 27.8 Å². The van der Waals surface area contributed by atoms with Crippen molar-refractivity contribution >= 4 is 33.3 Å². The largest absolute Gasteiger partial charge is 0.493 e. The minimum absolute atomic E-state index is 0.0383. The Morgan fingerprint density at radius 1 is 1.37 bits per heavy atom. The Bertz CT molecular complexity index is 825. The van der Waals surface area contributed by atoms with Gasteiger partial charge in [0.05, 0.1) is 35.8 Å². The topological polar surface area (TPSA) is 108 Å². The molecule has 10 heteroatoms. The predicted molar refractivity (Wildman–Crippen MR) is 99.3 cm³/mol. The van der Waals surface area contributed by atoms with Crippen LogP contribution in [0.25, 0.3) is 0 Å². The molecule has 0 aliphatic carbocycles. The molecule has 8 nitrogen and oxygen atoms in total. The van der Waals surface area contributed by atoms with Crippen LogP contribution in [0.1, 0.15) is 30.6 Å². The Kier molecular flexibility index (Phi) is 6.94. The van der Waals surface area contributed by atoms with Gasteiger partial charge >= 0.3 is 5.97 Å². The zero-order chi connectivity index (χ0) is 20.2. The van der Waals surface area contributed by atoms with Crippen molar-refractivity contribution in [1.29, 1.82) is 0 Å². The summed E-state index contributed by atoms with van der Waals surface area (Å²) in [5.74, 6) is -0.813. The van der Waals surface area contributed by atoms with Crippen molar-refractivity contribution in [2.45, 2.75) is 32.4 Å². The number of amides is 1. The first-order chi connectivity index (χ1) is 12.7. The molecule has 1 N–H and O–H groups in total. The zero-order valence-electron chi connectivity index (χ0n) is 15.3. The van der Waals surface area contributed by atoms with E-state index in [1.54, 1.807) is 6.92 Å². The third kappa shape index (κ3) is 5.49. The van der Waals surface area contributed by atoms with Gasteiger partial charge in [0.1, 0.15) is 0 Å². The van der Waals surface area contributed by atoms with E-state index in [1.165, 1.54) is 26.2 Å². The molecule has 1 fully saturated rings. The molecule has 2 rings (SSSR count). The number of esters is 1. The van der Waals surface area contributed by atoms with Crippen molar-refractivity contribution in [2.75, 3.05) is 25.2 Å². The molecule has 0 bridgehead atoms. The van der Waals surface area contributed by atoms with Crippen LogP contribution in [0.4, 0.5) is 0 Å². The molecule has 1 aliphatic rings. The van der Waals surface area contributed by atoms with Crippen LogP contribution in [-0.4, -0.2) is 57.7 Å². The van der Waals surface area contributed by atoms with Gasteiger partial charge in [-0.2, -0.15) is 0 Å². The van der Waals surface area contributed by atoms with Crippen molar-refractivity contribution < 1.29 is 32.2 Å². The number of halogens is 1. The second kappa shape index (κ2) is 8.79. The summed E-state index contributed by atoms with van der Waals surface area (Å²) in [6.45, 7) is 3.56. The molecule has 0 radical (unpaired) electrons. The maximum absolute atomic E-state index is 12.3. The summed E-state index contributed by atoms with van der Waals surface area (Å²) in [6, 6.07) is 2.31. The fraction of sp³-hybridized carbons (Fsp3) is 0.529. The first kappa shape index (κ1) is 21.3. The molecule has 0 saturated carbocycles. The van der Waals surface area contributed by atoms with E-state index >= 15 is 0 Å². The average Bonchev–Trinajstić information content (AvgIpc) is 2.94. The smallest absolute Gasteiger partial charge is 0.339 e. The van der Waals surface area contributed by atoms with Gasteiger partial charge in [-0.1, -0.05) is 11.6 Å². The number of hydrogen-bond acceptors (Lipinski definition) is 7. The van der Waals surface area contributed by atoms with E-state index in [0.717, 1.165) is 0 Å². The lowest BCUT2D eigenvalue weighted by molar-refractivity contribution is -0.129. The molecule has 0 unspecified atom stereocenters. The van der Waals surface area contributed by atoms with Gasteiger partial charge in [0.25, 0.3) is 5.91 Å². The highest BCUT2D eigenvalue weighted by Crippen LogP contribution is 2.36. The maximum Gasteiger partial charge on any atom is 0.339 e. The molecule has 2 atom stereocenters. The Labute approximate surface area is 163 Å². The molecule has 1 aliphatic heterocycles. The van der Waals surface area contributed by atoms with E-state index < -0.39 is 33.9 Å². The molecule has 0 aromatic heterocycles. The number of nitrogens with one attached hydrogen (secondary N) is 1. The molecule has 150 valence electrons. The van der Waals surface area contributed by atoms with Crippen molar-refractivity contribution in [3.8, 4) is 11.5 Å². The minimum Gasteiger partial charge on any atom is -0.493 e. The van der Waals surface area contributed by atoms with Gasteiger partial charge in [-0.15, -0.1) is 0 Å². The van der Waals surface area contributed by atoms with Crippen LogP contribution in [0, 0.1) is 0 Å². The maximum atomic E-state index is 12.3. The highest BCUT2D eigenvalue weighted by molar-refractivity contribution is 7.91. The standard InChI is InChI=1S/C17H22ClNO7S/c1-4-25-15-13(18)7-11(8-14(15)24-3)17(21)26-10(2)16(20)19-12-5-6-27(22,23)9-12/h7-8,10,12H,4-6,9H2,1-3H3,(H,19,20)/t10-,12-/m0/s1. The summed E-state index contributed by atoms with van der Waals surface area (Å²) in [5.41, 5.74) is 0.100. The van der Waals surface area contributed by atoms with Crippen LogP contribution in [0.3, 0.4) is 0 Å². The number of benzene rings is 1. The quantitative estimate of drug-likeness (QED) is 0.668. The number of carbonyl (C=O) groups excluding carboxylic acids is 2. The molecule has 1 aromatic carbocycles. The summed E-state index contributed by atoms with van der Waals surface area (Å²) in [7, 11) is -1.71. The molecule has 27 heavy (non-hydrogen) atoms. The van der Waals surface area contributed by atoms with Gasteiger partial charge in [0.2, 0.25) is 0 Å². The van der Waals surface area contributed by atoms with E-state index in [9.17, 15) is 18.0 Å². The summed E-state index contributed by atoms with van der Waals surface area (Å²) in [6.07, 6.45) is -0.752. The van der Waals surface area contributed by atoms with E-state index in [1.807, 2.05) is 0 Å². The van der Waals surface area contributed by atoms with Gasteiger partial charge in [-0.25, -0.2) is 13.2 Å². The highest BCUT2D eigenvalue weighted by atomic mass is 35.5. The molecule has 1 saturated heterocycles. The Morgan fingerprint density at radius 3 is 2.63 bits per heavy atom. The Balaban J connectivity index is 2.03. The SMILES string of the molecule is CCOc1c(Cl)cc(C(=O)O[C@@H](C)C(=O)N[C@H]2CCS(=O)(=O)C2)cc1OC. The van der Waals surface area contributed by atoms with Crippen LogP contribution in [0.2, 0.25) is 5.02 Å². The Morgan fingerprint density at radius 2 is 2.07 bits per heavy atom. The number of sulfone groups is 1. The molecule has 1 aromatic rings. The lowest BCUT2D eigenvalue weighted by Gasteiger charge is -2.17. The minimum atomic E-state index is -3.12. The third-order valence-corrected chi connectivity index (χ3v) is 6.03. The van der Waals surface area contributed by atoms with E-state index in [4.69, 9.17) is 25.8 Å². The summed E-state index contributed by atoms with van der Waals surface area (Å²) in [4.78, 5) is 24.5. The Hall–Kier alpha value is -2.00. The van der Waals surface area contributed by atoms with Crippen molar-refractivity contribution in [3.63, 3.8) is 0 Å². The van der Waals surface area contributed by atoms with Gasteiger partial charge in [0, 0.05) is 6.04 Å². The number of rotatable bonds is 7. The third-order valence-electron chi connectivity index (χ3n) is 3.99. The van der Waals surface area contributed by atoms with Crippen LogP contribution in [0.5, 0.6) is 11.5 Å². The predicted octanol–water partition coefficient (Wildman–Crippen LogP) is 1.60. The molecule has 1 heterocycles. The average molecular weight is 420 g/mol. The second-order valence-corrected chi connectivity index (χ2v) is 8.71. The van der Waals surface area contributed by atoms with Crippen LogP contribution in [-0.2, 0) is 19.4 Å². The first-order valence-electron chi connectivity index (χ1n) is 8.39. The van der Waals surface area contributed by atoms with E-state index in [2.05, 4.69) is 5.32 Å². The van der Waals surface area contributed by atoms with Gasteiger partial charge in [-0.05, 0) is 32.4 Å². The zero-order valence-corrected chi connectivity index (χ0v) is 16.9. The number of hydrogen-bond donors (Lipinski definition) is 1. The summed E-state index contributed by atoms with van der Waals surface area (Å²) < 4.78 is 38.6. The van der Waals surface area contributed by atoms with Crippen LogP contribution in [0.15, 0.2) is 12.1 Å². The first-order valence-corrected chi connectivity index (χ1v) is 10.6. The fourth-order valence-electron chi connectivity index (χ4n) is 2.63. The van der Waals surface area contributed by atoms with Gasteiger partial charge in [-0.3, -0.25) is 4.79 Å². The van der Waals surface area contributed by atoms with Crippen molar-refractivity contribution in [3.05, 3.63) is 22.7 Å². The normalized spacial score (nSPS) is 19.2. The van der Waals surface area contributed by atoms with Crippen LogP contribution < -0.4 is 14.8 Å². The lowest BCUT2D eigenvalue weighted by Crippen LogP contribution is -2.42. The fourth-order valence-corrected chi connectivity index (χ4v) is 4.57. The molecular weight excluding hydrogens is 398 g/mol. The highest BCUT2D eigenvalue weighted by Gasteiger charge is 2.31. The molecular formula is C17H22ClNO7S. The molecule has 0 spiro atoms.